The van der Waals surface area contributed by atoms with E-state index in [1.54, 1.807) is 36.4 Å². The Kier molecular flexibility index (Phi) is 11.1. The van der Waals surface area contributed by atoms with Gasteiger partial charge in [-0.25, -0.2) is 8.42 Å². The first-order valence-corrected chi connectivity index (χ1v) is 17.2. The molecule has 2 amide bonds. The zero-order valence-corrected chi connectivity index (χ0v) is 27.1. The number of benzene rings is 2. The molecule has 2 aliphatic rings. The van der Waals surface area contributed by atoms with Crippen LogP contribution in [-0.2, 0) is 24.3 Å². The quantitative estimate of drug-likeness (QED) is 0.301. The van der Waals surface area contributed by atoms with Gasteiger partial charge in [0.1, 0.15) is 24.0 Å². The van der Waals surface area contributed by atoms with Gasteiger partial charge >= 0.3 is 0 Å². The molecule has 2 saturated heterocycles. The summed E-state index contributed by atoms with van der Waals surface area (Å²) in [5.74, 6) is -0.700. The summed E-state index contributed by atoms with van der Waals surface area (Å²) in [5, 5.41) is 6.25. The molecule has 0 unspecified atom stereocenters. The summed E-state index contributed by atoms with van der Waals surface area (Å²) in [6.07, 6.45) is 1.00. The van der Waals surface area contributed by atoms with E-state index >= 15 is 0 Å². The zero-order valence-electron chi connectivity index (χ0n) is 26.3. The Morgan fingerprint density at radius 3 is 2.54 bits per heavy atom. The first-order chi connectivity index (χ1) is 22.1. The number of morpholine rings is 1. The van der Waals surface area contributed by atoms with Crippen molar-refractivity contribution in [3.8, 4) is 5.75 Å². The number of Topliss-reactive ketones (excluding diaryl/α,β-unsaturated/α-hetero) is 1. The second kappa shape index (κ2) is 15.2. The first kappa shape index (κ1) is 33.6. The van der Waals surface area contributed by atoms with E-state index < -0.39 is 39.7 Å². The van der Waals surface area contributed by atoms with Crippen molar-refractivity contribution < 1.29 is 36.7 Å². The van der Waals surface area contributed by atoms with Gasteiger partial charge in [-0.15, -0.1) is 0 Å². The Morgan fingerprint density at radius 1 is 1.04 bits per heavy atom. The topological polar surface area (TPSA) is 147 Å². The maximum atomic E-state index is 13.4. The molecule has 248 valence electrons. The number of furan rings is 1. The van der Waals surface area contributed by atoms with Crippen LogP contribution in [0.2, 0.25) is 0 Å². The number of amides is 2. The van der Waals surface area contributed by atoms with Gasteiger partial charge in [-0.3, -0.25) is 19.3 Å². The van der Waals surface area contributed by atoms with Crippen LogP contribution in [-0.4, -0.2) is 99.8 Å². The number of hydrogen-bond acceptors (Lipinski definition) is 9. The van der Waals surface area contributed by atoms with Crippen LogP contribution in [0.15, 0.2) is 63.9 Å². The standard InChI is InChI=1S/C33H42N4O8S/c1-23(2)19-28(32(39)34-27-9-6-12-37(22-29(27)38)46(41,42)26-7-4-3-5-8-26)35-33(40)31-21-24-20-25(10-11-30(24)45-31)44-18-15-36-13-16-43-17-14-36/h3-5,7-8,10-11,20-21,23,27-28H,6,9,12-19,22H2,1-2H3,(H,34,39)(H,35,40)/t27-,28-/m1/s1. The molecule has 13 heteroatoms. The van der Waals surface area contributed by atoms with E-state index in [-0.39, 0.29) is 36.1 Å². The lowest BCUT2D eigenvalue weighted by atomic mass is 10.0. The van der Waals surface area contributed by atoms with E-state index in [1.807, 2.05) is 19.9 Å². The Morgan fingerprint density at radius 2 is 1.80 bits per heavy atom. The smallest absolute Gasteiger partial charge is 0.287 e. The molecule has 2 N–H and O–H groups in total. The van der Waals surface area contributed by atoms with Gasteiger partial charge in [0.2, 0.25) is 15.9 Å². The molecule has 0 spiro atoms. The van der Waals surface area contributed by atoms with Crippen molar-refractivity contribution in [3.05, 3.63) is 60.4 Å². The van der Waals surface area contributed by atoms with Gasteiger partial charge in [0.15, 0.2) is 11.5 Å². The number of hydrogen-bond donors (Lipinski definition) is 2. The molecule has 1 aromatic heterocycles. The minimum Gasteiger partial charge on any atom is -0.492 e. The summed E-state index contributed by atoms with van der Waals surface area (Å²) < 4.78 is 44.5. The largest absolute Gasteiger partial charge is 0.492 e. The number of sulfonamides is 1. The fraction of sp³-hybridized carbons (Fsp3) is 0.485. The lowest BCUT2D eigenvalue weighted by molar-refractivity contribution is -0.129. The third kappa shape index (κ3) is 8.52. The number of ether oxygens (including phenoxy) is 2. The summed E-state index contributed by atoms with van der Waals surface area (Å²) in [6.45, 7) is 8.20. The van der Waals surface area contributed by atoms with Gasteiger partial charge < -0.3 is 24.5 Å². The van der Waals surface area contributed by atoms with E-state index in [0.717, 1.165) is 37.2 Å². The highest BCUT2D eigenvalue weighted by Gasteiger charge is 2.34. The van der Waals surface area contributed by atoms with Crippen molar-refractivity contribution in [2.24, 2.45) is 5.92 Å². The van der Waals surface area contributed by atoms with Crippen LogP contribution in [0.3, 0.4) is 0 Å². The summed E-state index contributed by atoms with van der Waals surface area (Å²) >= 11 is 0. The number of fused-ring (bicyclic) bond motifs is 1. The molecule has 12 nitrogen and oxygen atoms in total. The molecule has 0 bridgehead atoms. The highest BCUT2D eigenvalue weighted by molar-refractivity contribution is 7.89. The van der Waals surface area contributed by atoms with Crippen molar-refractivity contribution in [3.63, 3.8) is 0 Å². The maximum absolute atomic E-state index is 13.4. The van der Waals surface area contributed by atoms with E-state index in [4.69, 9.17) is 13.9 Å². The van der Waals surface area contributed by atoms with Gasteiger partial charge in [-0.1, -0.05) is 32.0 Å². The number of nitrogens with one attached hydrogen (secondary N) is 2. The minimum absolute atomic E-state index is 0.0503. The monoisotopic (exact) mass is 654 g/mol. The summed E-state index contributed by atoms with van der Waals surface area (Å²) in [6, 6.07) is 13.1. The van der Waals surface area contributed by atoms with Gasteiger partial charge in [0, 0.05) is 31.6 Å². The molecule has 46 heavy (non-hydrogen) atoms. The molecular weight excluding hydrogens is 612 g/mol. The van der Waals surface area contributed by atoms with Crippen LogP contribution in [0.5, 0.6) is 5.75 Å². The van der Waals surface area contributed by atoms with Crippen LogP contribution >= 0.6 is 0 Å². The highest BCUT2D eigenvalue weighted by Crippen LogP contribution is 2.25. The predicted octanol–water partition coefficient (Wildman–Crippen LogP) is 2.83. The normalized spacial score (nSPS) is 19.1. The Balaban J connectivity index is 1.20. The number of carbonyl (C=O) groups excluding carboxylic acids is 3. The first-order valence-electron chi connectivity index (χ1n) is 15.8. The molecule has 0 radical (unpaired) electrons. The predicted molar refractivity (Wildman–Crippen MR) is 171 cm³/mol. The van der Waals surface area contributed by atoms with E-state index in [1.165, 1.54) is 12.1 Å². The van der Waals surface area contributed by atoms with Crippen LogP contribution < -0.4 is 15.4 Å². The molecule has 0 aliphatic carbocycles. The average Bonchev–Trinajstić information content (AvgIpc) is 3.38. The summed E-state index contributed by atoms with van der Waals surface area (Å²) in [4.78, 5) is 42.3. The average molecular weight is 655 g/mol. The van der Waals surface area contributed by atoms with Gasteiger partial charge in [0.25, 0.3) is 5.91 Å². The van der Waals surface area contributed by atoms with Crippen molar-refractivity contribution in [2.75, 3.05) is 52.5 Å². The molecule has 3 aromatic rings. The van der Waals surface area contributed by atoms with E-state index in [0.29, 0.717) is 36.2 Å². The fourth-order valence-electron chi connectivity index (χ4n) is 5.64. The van der Waals surface area contributed by atoms with Crippen molar-refractivity contribution >= 4 is 38.6 Å². The Bertz CT molecular complexity index is 1620. The molecule has 5 rings (SSSR count). The summed E-state index contributed by atoms with van der Waals surface area (Å²) in [7, 11) is -3.85. The second-order valence-electron chi connectivity index (χ2n) is 12.1. The van der Waals surface area contributed by atoms with Crippen LogP contribution in [0.1, 0.15) is 43.7 Å². The number of carbonyl (C=O) groups is 3. The second-order valence-corrected chi connectivity index (χ2v) is 14.0. The Labute approximate surface area is 269 Å². The zero-order chi connectivity index (χ0) is 32.7. The third-order valence-electron chi connectivity index (χ3n) is 8.14. The number of rotatable bonds is 12. The third-order valence-corrected chi connectivity index (χ3v) is 10.00. The minimum atomic E-state index is -3.85. The van der Waals surface area contributed by atoms with Gasteiger partial charge in [0.05, 0.1) is 30.7 Å². The van der Waals surface area contributed by atoms with Gasteiger partial charge in [-0.05, 0) is 61.6 Å². The summed E-state index contributed by atoms with van der Waals surface area (Å²) in [5.41, 5.74) is 0.509. The lowest BCUT2D eigenvalue weighted by Crippen LogP contribution is -2.52. The molecule has 2 aromatic carbocycles. The Hall–Kier alpha value is -3.78. The van der Waals surface area contributed by atoms with Crippen molar-refractivity contribution in [1.29, 1.82) is 0 Å². The molecule has 2 aliphatic heterocycles. The number of nitrogens with zero attached hydrogens (tertiary/aromatic N) is 2. The van der Waals surface area contributed by atoms with Crippen LogP contribution in [0.25, 0.3) is 11.0 Å². The van der Waals surface area contributed by atoms with Gasteiger partial charge in [-0.2, -0.15) is 4.31 Å². The molecule has 2 fully saturated rings. The maximum Gasteiger partial charge on any atom is 0.287 e. The van der Waals surface area contributed by atoms with Crippen LogP contribution in [0, 0.1) is 5.92 Å². The number of ketones is 1. The lowest BCUT2D eigenvalue weighted by Gasteiger charge is -2.26. The van der Waals surface area contributed by atoms with Crippen molar-refractivity contribution in [2.45, 2.75) is 50.1 Å². The molecule has 2 atom stereocenters. The van der Waals surface area contributed by atoms with E-state index in [9.17, 15) is 22.8 Å². The fourth-order valence-corrected chi connectivity index (χ4v) is 7.11. The van der Waals surface area contributed by atoms with Crippen molar-refractivity contribution in [1.82, 2.24) is 19.8 Å². The SMILES string of the molecule is CC(C)C[C@@H](NC(=O)c1cc2cc(OCCN3CCOCC3)ccc2o1)C(=O)N[C@@H]1CCCN(S(=O)(=O)c2ccccc2)CC1=O. The van der Waals surface area contributed by atoms with E-state index in [2.05, 4.69) is 15.5 Å². The molecular formula is C33H42N4O8S. The highest BCUT2D eigenvalue weighted by atomic mass is 32.2. The molecule has 0 saturated carbocycles. The van der Waals surface area contributed by atoms with Crippen LogP contribution in [0.4, 0.5) is 0 Å². The molecule has 3 heterocycles.